The van der Waals surface area contributed by atoms with Crippen molar-refractivity contribution in [2.24, 2.45) is 7.05 Å². The number of aromatic nitrogens is 4. The van der Waals surface area contributed by atoms with Gasteiger partial charge in [-0.25, -0.2) is 4.98 Å². The van der Waals surface area contributed by atoms with E-state index in [0.29, 0.717) is 6.04 Å². The lowest BCUT2D eigenvalue weighted by atomic mass is 10.0. The number of rotatable bonds is 3. The molecule has 1 fully saturated rings. The van der Waals surface area contributed by atoms with Crippen LogP contribution in [0.4, 0.5) is 0 Å². The molecule has 1 unspecified atom stereocenters. The Bertz CT molecular complexity index is 645. The second-order valence-corrected chi connectivity index (χ2v) is 6.80. The van der Waals surface area contributed by atoms with Crippen LogP contribution in [0.15, 0.2) is 6.20 Å². The van der Waals surface area contributed by atoms with Crippen molar-refractivity contribution in [3.63, 3.8) is 0 Å². The van der Waals surface area contributed by atoms with E-state index >= 15 is 0 Å². The highest BCUT2D eigenvalue weighted by atomic mass is 15.3. The highest BCUT2D eigenvalue weighted by Crippen LogP contribution is 2.33. The predicted octanol–water partition coefficient (Wildman–Crippen LogP) is 2.67. The van der Waals surface area contributed by atoms with Crippen LogP contribution >= 0.6 is 0 Å². The summed E-state index contributed by atoms with van der Waals surface area (Å²) in [5.41, 5.74) is 5.20. The minimum absolute atomic E-state index is 0.449. The molecule has 1 atom stereocenters. The second-order valence-electron chi connectivity index (χ2n) is 6.80. The molecule has 2 aromatic rings. The number of aromatic amines is 1. The number of hydrogen-bond donors (Lipinski definition) is 1. The van der Waals surface area contributed by atoms with E-state index in [0.717, 1.165) is 25.2 Å². The SMILES string of the molecule is Cc1nn(C)cc1CN1CCCC1c1nc2c([nH]1)CCCC2. The van der Waals surface area contributed by atoms with Gasteiger partial charge in [0.25, 0.3) is 0 Å². The van der Waals surface area contributed by atoms with Crippen LogP contribution in [-0.2, 0) is 26.4 Å². The van der Waals surface area contributed by atoms with Crippen LogP contribution in [-0.4, -0.2) is 31.2 Å². The summed E-state index contributed by atoms with van der Waals surface area (Å²) in [6.07, 6.45) is 9.55. The Balaban J connectivity index is 1.55. The van der Waals surface area contributed by atoms with Gasteiger partial charge in [0.1, 0.15) is 5.82 Å². The van der Waals surface area contributed by atoms with Crippen molar-refractivity contribution in [1.82, 2.24) is 24.6 Å². The highest BCUT2D eigenvalue weighted by Gasteiger charge is 2.30. The number of likely N-dealkylation sites (tertiary alicyclic amines) is 1. The maximum atomic E-state index is 4.93. The van der Waals surface area contributed by atoms with Crippen LogP contribution in [0.3, 0.4) is 0 Å². The van der Waals surface area contributed by atoms with Gasteiger partial charge in [-0.05, 0) is 52.0 Å². The molecular formula is C17H25N5. The molecular weight excluding hydrogens is 274 g/mol. The molecule has 0 amide bonds. The summed E-state index contributed by atoms with van der Waals surface area (Å²) in [5, 5.41) is 4.47. The Kier molecular flexibility index (Phi) is 3.53. The average Bonchev–Trinajstić information content (AvgIpc) is 3.18. The third kappa shape index (κ3) is 2.47. The molecule has 1 aliphatic heterocycles. The number of hydrogen-bond acceptors (Lipinski definition) is 3. The van der Waals surface area contributed by atoms with E-state index in [9.17, 15) is 0 Å². The van der Waals surface area contributed by atoms with Crippen LogP contribution in [0.25, 0.3) is 0 Å². The fourth-order valence-electron chi connectivity index (χ4n) is 3.98. The summed E-state index contributed by atoms with van der Waals surface area (Å²) in [6.45, 7) is 4.24. The van der Waals surface area contributed by atoms with Crippen molar-refractivity contribution >= 4 is 0 Å². The number of nitrogens with zero attached hydrogens (tertiary/aromatic N) is 4. The van der Waals surface area contributed by atoms with Gasteiger partial charge in [0.05, 0.1) is 17.4 Å². The molecule has 0 spiro atoms. The van der Waals surface area contributed by atoms with Gasteiger partial charge < -0.3 is 4.98 Å². The van der Waals surface area contributed by atoms with E-state index in [1.54, 1.807) is 0 Å². The zero-order valence-corrected chi connectivity index (χ0v) is 13.6. The minimum Gasteiger partial charge on any atom is -0.344 e. The first kappa shape index (κ1) is 14.0. The van der Waals surface area contributed by atoms with Gasteiger partial charge in [0, 0.05) is 31.0 Å². The topological polar surface area (TPSA) is 49.7 Å². The summed E-state index contributed by atoms with van der Waals surface area (Å²) >= 11 is 0. The first-order valence-corrected chi connectivity index (χ1v) is 8.51. The standard InChI is InChI=1S/C17H25N5/c1-12-13(10-21(2)20-12)11-22-9-5-8-16(22)17-18-14-6-3-4-7-15(14)19-17/h10,16H,3-9,11H2,1-2H3,(H,18,19). The lowest BCUT2D eigenvalue weighted by Gasteiger charge is -2.22. The first-order valence-electron chi connectivity index (χ1n) is 8.51. The molecule has 5 heteroatoms. The Labute approximate surface area is 131 Å². The number of fused-ring (bicyclic) bond motifs is 1. The van der Waals surface area contributed by atoms with Crippen molar-refractivity contribution in [3.8, 4) is 0 Å². The molecule has 4 rings (SSSR count). The number of H-pyrrole nitrogens is 1. The van der Waals surface area contributed by atoms with Gasteiger partial charge in [0.2, 0.25) is 0 Å². The molecule has 0 bridgehead atoms. The number of nitrogens with one attached hydrogen (secondary N) is 1. The summed E-state index contributed by atoms with van der Waals surface area (Å²) in [4.78, 5) is 11.1. The molecule has 1 aliphatic carbocycles. The van der Waals surface area contributed by atoms with E-state index in [-0.39, 0.29) is 0 Å². The smallest absolute Gasteiger partial charge is 0.124 e. The lowest BCUT2D eigenvalue weighted by molar-refractivity contribution is 0.240. The van der Waals surface area contributed by atoms with Crippen LogP contribution < -0.4 is 0 Å². The van der Waals surface area contributed by atoms with Gasteiger partial charge in [-0.2, -0.15) is 5.10 Å². The van der Waals surface area contributed by atoms with Crippen molar-refractivity contribution < 1.29 is 0 Å². The molecule has 0 aromatic carbocycles. The Morgan fingerprint density at radius 2 is 2.14 bits per heavy atom. The zero-order valence-electron chi connectivity index (χ0n) is 13.6. The minimum atomic E-state index is 0.449. The van der Waals surface area contributed by atoms with Crippen LogP contribution in [0.5, 0.6) is 0 Å². The molecule has 1 saturated heterocycles. The van der Waals surface area contributed by atoms with Gasteiger partial charge in [0.15, 0.2) is 0 Å². The van der Waals surface area contributed by atoms with E-state index in [1.165, 1.54) is 54.9 Å². The third-order valence-corrected chi connectivity index (χ3v) is 5.14. The van der Waals surface area contributed by atoms with Crippen LogP contribution in [0.2, 0.25) is 0 Å². The van der Waals surface area contributed by atoms with E-state index in [1.807, 2.05) is 11.7 Å². The molecule has 5 nitrogen and oxygen atoms in total. The van der Waals surface area contributed by atoms with Gasteiger partial charge in [-0.15, -0.1) is 0 Å². The first-order chi connectivity index (χ1) is 10.7. The van der Waals surface area contributed by atoms with Gasteiger partial charge in [-0.3, -0.25) is 9.58 Å². The zero-order chi connectivity index (χ0) is 15.1. The number of aryl methyl sites for hydroxylation is 4. The molecule has 2 aromatic heterocycles. The van der Waals surface area contributed by atoms with E-state index < -0.39 is 0 Å². The van der Waals surface area contributed by atoms with Gasteiger partial charge in [-0.1, -0.05) is 0 Å². The van der Waals surface area contributed by atoms with E-state index in [4.69, 9.17) is 4.98 Å². The molecule has 22 heavy (non-hydrogen) atoms. The molecule has 0 saturated carbocycles. The second kappa shape index (κ2) is 5.54. The summed E-state index contributed by atoms with van der Waals surface area (Å²) in [6, 6.07) is 0.449. The predicted molar refractivity (Wildman–Crippen MR) is 85.6 cm³/mol. The summed E-state index contributed by atoms with van der Waals surface area (Å²) < 4.78 is 1.92. The van der Waals surface area contributed by atoms with Crippen molar-refractivity contribution in [2.45, 2.75) is 58.0 Å². The summed E-state index contributed by atoms with van der Waals surface area (Å²) in [7, 11) is 2.00. The largest absolute Gasteiger partial charge is 0.344 e. The molecule has 2 aliphatic rings. The maximum absolute atomic E-state index is 4.93. The third-order valence-electron chi connectivity index (χ3n) is 5.14. The maximum Gasteiger partial charge on any atom is 0.124 e. The average molecular weight is 299 g/mol. The quantitative estimate of drug-likeness (QED) is 0.948. The van der Waals surface area contributed by atoms with Gasteiger partial charge >= 0.3 is 0 Å². The Morgan fingerprint density at radius 3 is 2.91 bits per heavy atom. The van der Waals surface area contributed by atoms with Crippen molar-refractivity contribution in [3.05, 3.63) is 34.7 Å². The molecule has 1 N–H and O–H groups in total. The Morgan fingerprint density at radius 1 is 1.27 bits per heavy atom. The Hall–Kier alpha value is -1.62. The monoisotopic (exact) mass is 299 g/mol. The van der Waals surface area contributed by atoms with E-state index in [2.05, 4.69) is 28.1 Å². The summed E-state index contributed by atoms with van der Waals surface area (Å²) in [5.74, 6) is 1.20. The molecule has 0 radical (unpaired) electrons. The van der Waals surface area contributed by atoms with Crippen LogP contribution in [0, 0.1) is 6.92 Å². The molecule has 118 valence electrons. The fraction of sp³-hybridized carbons (Fsp3) is 0.647. The highest BCUT2D eigenvalue weighted by molar-refractivity contribution is 5.21. The van der Waals surface area contributed by atoms with Crippen molar-refractivity contribution in [2.75, 3.05) is 6.54 Å². The van der Waals surface area contributed by atoms with Crippen LogP contribution in [0.1, 0.15) is 60.2 Å². The molecule has 3 heterocycles. The lowest BCUT2D eigenvalue weighted by Crippen LogP contribution is -2.23. The fourth-order valence-corrected chi connectivity index (χ4v) is 3.98. The van der Waals surface area contributed by atoms with Crippen molar-refractivity contribution in [1.29, 1.82) is 0 Å². The normalized spacial score (nSPS) is 22.2. The number of imidazole rings is 1.